The number of carbonyl (C=O) groups is 1. The molecule has 0 radical (unpaired) electrons. The Morgan fingerprint density at radius 3 is 2.42 bits per heavy atom. The Bertz CT molecular complexity index is 787. The van der Waals surface area contributed by atoms with E-state index in [9.17, 15) is 18.0 Å². The SMILES string of the molecule is Cc1ccc(NC(=O)C(C)N(C)Cc2ccccc2C(F)(F)F)c(C)c1. The molecule has 3 nitrogen and oxygen atoms in total. The van der Waals surface area contributed by atoms with Gasteiger partial charge in [0.15, 0.2) is 0 Å². The molecule has 6 heteroatoms. The maximum Gasteiger partial charge on any atom is 0.416 e. The monoisotopic (exact) mass is 364 g/mol. The van der Waals surface area contributed by atoms with Crippen LogP contribution in [0, 0.1) is 13.8 Å². The van der Waals surface area contributed by atoms with Gasteiger partial charge in [0.2, 0.25) is 5.91 Å². The number of rotatable bonds is 5. The summed E-state index contributed by atoms with van der Waals surface area (Å²) in [6.07, 6.45) is -4.41. The first-order valence-corrected chi connectivity index (χ1v) is 8.33. The number of nitrogens with zero attached hydrogens (tertiary/aromatic N) is 1. The molecule has 1 N–H and O–H groups in total. The first kappa shape index (κ1) is 20.0. The average molecular weight is 364 g/mol. The lowest BCUT2D eigenvalue weighted by atomic mass is 10.1. The number of benzene rings is 2. The highest BCUT2D eigenvalue weighted by atomic mass is 19.4. The molecule has 1 unspecified atom stereocenters. The van der Waals surface area contributed by atoms with Gasteiger partial charge in [0.25, 0.3) is 0 Å². The van der Waals surface area contributed by atoms with E-state index < -0.39 is 17.8 Å². The van der Waals surface area contributed by atoms with Crippen molar-refractivity contribution in [1.29, 1.82) is 0 Å². The van der Waals surface area contributed by atoms with E-state index in [4.69, 9.17) is 0 Å². The van der Waals surface area contributed by atoms with Crippen LogP contribution in [-0.4, -0.2) is 23.9 Å². The van der Waals surface area contributed by atoms with Crippen molar-refractivity contribution in [2.75, 3.05) is 12.4 Å². The number of halogens is 3. The second-order valence-electron chi connectivity index (χ2n) is 6.55. The third kappa shape index (κ3) is 4.85. The Labute approximate surface area is 151 Å². The molecule has 0 saturated carbocycles. The fourth-order valence-electron chi connectivity index (χ4n) is 2.73. The van der Waals surface area contributed by atoms with E-state index in [1.165, 1.54) is 12.1 Å². The molecule has 0 aromatic heterocycles. The molecule has 0 fully saturated rings. The summed E-state index contributed by atoms with van der Waals surface area (Å²) in [6.45, 7) is 5.57. The molecule has 2 aromatic carbocycles. The van der Waals surface area contributed by atoms with Crippen molar-refractivity contribution in [2.24, 2.45) is 0 Å². The first-order chi connectivity index (χ1) is 12.1. The number of carbonyl (C=O) groups excluding carboxylic acids is 1. The average Bonchev–Trinajstić information content (AvgIpc) is 2.56. The number of anilines is 1. The Kier molecular flexibility index (Phi) is 6.08. The topological polar surface area (TPSA) is 32.3 Å². The van der Waals surface area contributed by atoms with Gasteiger partial charge in [-0.2, -0.15) is 13.2 Å². The fourth-order valence-corrected chi connectivity index (χ4v) is 2.73. The van der Waals surface area contributed by atoms with Crippen LogP contribution < -0.4 is 5.32 Å². The van der Waals surface area contributed by atoms with E-state index in [2.05, 4.69) is 5.32 Å². The van der Waals surface area contributed by atoms with Crippen LogP contribution in [0.25, 0.3) is 0 Å². The van der Waals surface area contributed by atoms with Crippen molar-refractivity contribution < 1.29 is 18.0 Å². The van der Waals surface area contributed by atoms with E-state index in [-0.39, 0.29) is 18.0 Å². The van der Waals surface area contributed by atoms with Crippen molar-refractivity contribution in [2.45, 2.75) is 39.5 Å². The minimum absolute atomic E-state index is 0.0250. The number of alkyl halides is 3. The van der Waals surface area contributed by atoms with Crippen LogP contribution in [-0.2, 0) is 17.5 Å². The molecule has 1 atom stereocenters. The van der Waals surface area contributed by atoms with Crippen molar-refractivity contribution in [3.63, 3.8) is 0 Å². The predicted molar refractivity (Wildman–Crippen MR) is 96.9 cm³/mol. The summed E-state index contributed by atoms with van der Waals surface area (Å²) in [7, 11) is 1.64. The summed E-state index contributed by atoms with van der Waals surface area (Å²) in [5, 5.41) is 2.85. The van der Waals surface area contributed by atoms with Crippen molar-refractivity contribution in [3.8, 4) is 0 Å². The van der Waals surface area contributed by atoms with Gasteiger partial charge in [0, 0.05) is 12.2 Å². The highest BCUT2D eigenvalue weighted by molar-refractivity contribution is 5.95. The summed E-state index contributed by atoms with van der Waals surface area (Å²) < 4.78 is 39.4. The molecule has 0 aliphatic rings. The molecular formula is C20H23F3N2O. The van der Waals surface area contributed by atoms with E-state index in [0.29, 0.717) is 5.69 Å². The van der Waals surface area contributed by atoms with E-state index >= 15 is 0 Å². The number of hydrogen-bond acceptors (Lipinski definition) is 2. The molecule has 0 heterocycles. The van der Waals surface area contributed by atoms with Gasteiger partial charge < -0.3 is 5.32 Å². The molecule has 2 aromatic rings. The van der Waals surface area contributed by atoms with Gasteiger partial charge in [-0.1, -0.05) is 35.9 Å². The van der Waals surface area contributed by atoms with Crippen LogP contribution in [0.2, 0.25) is 0 Å². The second kappa shape index (κ2) is 7.91. The Morgan fingerprint density at radius 2 is 1.81 bits per heavy atom. The Hall–Kier alpha value is -2.34. The van der Waals surface area contributed by atoms with E-state index in [1.807, 2.05) is 32.0 Å². The molecule has 0 spiro atoms. The molecule has 2 rings (SSSR count). The fraction of sp³-hybridized carbons (Fsp3) is 0.350. The molecule has 26 heavy (non-hydrogen) atoms. The van der Waals surface area contributed by atoms with Crippen molar-refractivity contribution in [3.05, 3.63) is 64.7 Å². The molecule has 0 aliphatic carbocycles. The van der Waals surface area contributed by atoms with Gasteiger partial charge in [-0.05, 0) is 51.1 Å². The van der Waals surface area contributed by atoms with Crippen LogP contribution in [0.15, 0.2) is 42.5 Å². The minimum Gasteiger partial charge on any atom is -0.324 e. The number of hydrogen-bond donors (Lipinski definition) is 1. The lowest BCUT2D eigenvalue weighted by Crippen LogP contribution is -2.39. The standard InChI is InChI=1S/C20H23F3N2O/c1-13-9-10-18(14(2)11-13)24-19(26)15(3)25(4)12-16-7-5-6-8-17(16)20(21,22)23/h5-11,15H,12H2,1-4H3,(H,24,26). The smallest absolute Gasteiger partial charge is 0.324 e. The summed E-state index contributed by atoms with van der Waals surface area (Å²) >= 11 is 0. The van der Waals surface area contributed by atoms with Crippen LogP contribution in [0.1, 0.15) is 29.2 Å². The van der Waals surface area contributed by atoms with Gasteiger partial charge >= 0.3 is 6.18 Å². The summed E-state index contributed by atoms with van der Waals surface area (Å²) in [5.74, 6) is -0.260. The number of aryl methyl sites for hydroxylation is 2. The lowest BCUT2D eigenvalue weighted by molar-refractivity contribution is -0.138. The van der Waals surface area contributed by atoms with Crippen LogP contribution in [0.3, 0.4) is 0 Å². The van der Waals surface area contributed by atoms with Gasteiger partial charge in [0.05, 0.1) is 11.6 Å². The first-order valence-electron chi connectivity index (χ1n) is 8.33. The lowest BCUT2D eigenvalue weighted by Gasteiger charge is -2.25. The van der Waals surface area contributed by atoms with Gasteiger partial charge in [-0.15, -0.1) is 0 Å². The maximum atomic E-state index is 13.1. The number of amides is 1. The molecule has 0 bridgehead atoms. The van der Waals surface area contributed by atoms with Crippen LogP contribution >= 0.6 is 0 Å². The normalized spacial score (nSPS) is 12.9. The zero-order valence-corrected chi connectivity index (χ0v) is 15.3. The van der Waals surface area contributed by atoms with Gasteiger partial charge in [-0.25, -0.2) is 0 Å². The molecule has 0 saturated heterocycles. The number of likely N-dealkylation sites (N-methyl/N-ethyl adjacent to an activating group) is 1. The van der Waals surface area contributed by atoms with Crippen molar-refractivity contribution in [1.82, 2.24) is 4.90 Å². The largest absolute Gasteiger partial charge is 0.416 e. The van der Waals surface area contributed by atoms with E-state index in [1.54, 1.807) is 24.9 Å². The zero-order valence-electron chi connectivity index (χ0n) is 15.3. The second-order valence-corrected chi connectivity index (χ2v) is 6.55. The summed E-state index contributed by atoms with van der Waals surface area (Å²) in [5.41, 5.74) is 2.21. The number of nitrogens with one attached hydrogen (secondary N) is 1. The summed E-state index contributed by atoms with van der Waals surface area (Å²) in [4.78, 5) is 14.1. The zero-order chi connectivity index (χ0) is 19.5. The van der Waals surface area contributed by atoms with Crippen LogP contribution in [0.5, 0.6) is 0 Å². The Balaban J connectivity index is 2.10. The highest BCUT2D eigenvalue weighted by Gasteiger charge is 2.33. The maximum absolute atomic E-state index is 13.1. The third-order valence-corrected chi connectivity index (χ3v) is 4.42. The predicted octanol–water partition coefficient (Wildman–Crippen LogP) is 4.78. The van der Waals surface area contributed by atoms with E-state index in [0.717, 1.165) is 17.2 Å². The minimum atomic E-state index is -4.41. The quantitative estimate of drug-likeness (QED) is 0.828. The molecule has 0 aliphatic heterocycles. The molecule has 1 amide bonds. The summed E-state index contributed by atoms with van der Waals surface area (Å²) in [6, 6.07) is 10.5. The van der Waals surface area contributed by atoms with Crippen molar-refractivity contribution >= 4 is 11.6 Å². The van der Waals surface area contributed by atoms with Crippen LogP contribution in [0.4, 0.5) is 18.9 Å². The third-order valence-electron chi connectivity index (χ3n) is 4.42. The Morgan fingerprint density at radius 1 is 1.15 bits per heavy atom. The highest BCUT2D eigenvalue weighted by Crippen LogP contribution is 2.32. The molecule has 140 valence electrons. The molecular weight excluding hydrogens is 341 g/mol. The van der Waals surface area contributed by atoms with Gasteiger partial charge in [-0.3, -0.25) is 9.69 Å². The van der Waals surface area contributed by atoms with Gasteiger partial charge in [0.1, 0.15) is 0 Å².